The summed E-state index contributed by atoms with van der Waals surface area (Å²) in [5.41, 5.74) is 5.30. The quantitative estimate of drug-likeness (QED) is 0.589. The Balaban J connectivity index is 2.52. The van der Waals surface area contributed by atoms with Gasteiger partial charge in [0.15, 0.2) is 9.84 Å². The molecule has 2 unspecified atom stereocenters. The number of carbonyl (C=O) groups excluding carboxylic acids is 1. The van der Waals surface area contributed by atoms with Crippen LogP contribution in [0.25, 0.3) is 0 Å². The largest absolute Gasteiger partial charge is 0.347 e. The molecule has 1 amide bonds. The van der Waals surface area contributed by atoms with Crippen LogP contribution in [0.2, 0.25) is 0 Å². The summed E-state index contributed by atoms with van der Waals surface area (Å²) in [5.74, 6) is -0.405. The molecule has 0 bridgehead atoms. The second-order valence-corrected chi connectivity index (χ2v) is 4.99. The average Bonchev–Trinajstić information content (AvgIpc) is 2.30. The monoisotopic (exact) mass is 204 g/mol. The van der Waals surface area contributed by atoms with Crippen molar-refractivity contribution in [3.63, 3.8) is 0 Å². The molecule has 0 aromatic heterocycles. The Kier molecular flexibility index (Phi) is 2.72. The molecule has 6 heteroatoms. The molecule has 5 nitrogen and oxygen atoms in total. The first-order valence-corrected chi connectivity index (χ1v) is 5.59. The van der Waals surface area contributed by atoms with Crippen molar-refractivity contribution in [2.75, 3.05) is 5.75 Å². The molecule has 0 saturated carbocycles. The zero-order valence-electron chi connectivity index (χ0n) is 7.23. The molecule has 3 N–H and O–H groups in total. The van der Waals surface area contributed by atoms with Crippen LogP contribution in [-0.2, 0) is 14.6 Å². The Hall–Kier alpha value is -0.880. The lowest BCUT2D eigenvalue weighted by Crippen LogP contribution is -2.44. The molecule has 1 aliphatic heterocycles. The van der Waals surface area contributed by atoms with Gasteiger partial charge < -0.3 is 11.1 Å². The van der Waals surface area contributed by atoms with Crippen LogP contribution in [0, 0.1) is 0 Å². The van der Waals surface area contributed by atoms with Crippen LogP contribution in [0.5, 0.6) is 0 Å². The standard InChI is InChI=1S/C7H12N2O3S/c1-5(8)7(10)9-6-2-3-13(11,12)4-6/h2-3,5-6H,4,8H2,1H3,(H,9,10). The molecular formula is C7H12N2O3S. The summed E-state index contributed by atoms with van der Waals surface area (Å²) in [6.07, 6.45) is 1.45. The molecule has 0 fully saturated rings. The maximum Gasteiger partial charge on any atom is 0.237 e. The first-order chi connectivity index (χ1) is 5.91. The highest BCUT2D eigenvalue weighted by Crippen LogP contribution is 2.07. The van der Waals surface area contributed by atoms with Crippen LogP contribution in [0.3, 0.4) is 0 Å². The third-order valence-corrected chi connectivity index (χ3v) is 3.07. The fraction of sp³-hybridized carbons (Fsp3) is 0.571. The molecule has 0 saturated heterocycles. The highest BCUT2D eigenvalue weighted by molar-refractivity contribution is 7.94. The van der Waals surface area contributed by atoms with Gasteiger partial charge in [0.25, 0.3) is 0 Å². The van der Waals surface area contributed by atoms with E-state index in [-0.39, 0.29) is 11.7 Å². The minimum atomic E-state index is -3.10. The second-order valence-electron chi connectivity index (χ2n) is 3.06. The van der Waals surface area contributed by atoms with Gasteiger partial charge in [0, 0.05) is 5.41 Å². The number of nitrogens with two attached hydrogens (primary N) is 1. The normalized spacial score (nSPS) is 27.1. The highest BCUT2D eigenvalue weighted by atomic mass is 32.2. The summed E-state index contributed by atoms with van der Waals surface area (Å²) in [5, 5.41) is 3.61. The van der Waals surface area contributed by atoms with Gasteiger partial charge in [-0.25, -0.2) is 8.42 Å². The lowest BCUT2D eigenvalue weighted by molar-refractivity contribution is -0.122. The van der Waals surface area contributed by atoms with Crippen molar-refractivity contribution < 1.29 is 13.2 Å². The van der Waals surface area contributed by atoms with Gasteiger partial charge >= 0.3 is 0 Å². The number of hydrogen-bond donors (Lipinski definition) is 2. The summed E-state index contributed by atoms with van der Waals surface area (Å²) in [6, 6.07) is -1.04. The van der Waals surface area contributed by atoms with E-state index in [4.69, 9.17) is 5.73 Å². The van der Waals surface area contributed by atoms with E-state index in [1.165, 1.54) is 6.08 Å². The van der Waals surface area contributed by atoms with Gasteiger partial charge in [-0.15, -0.1) is 0 Å². The molecule has 0 aliphatic carbocycles. The van der Waals surface area contributed by atoms with E-state index >= 15 is 0 Å². The van der Waals surface area contributed by atoms with E-state index in [2.05, 4.69) is 5.32 Å². The van der Waals surface area contributed by atoms with Gasteiger partial charge in [-0.2, -0.15) is 0 Å². The van der Waals surface area contributed by atoms with Crippen LogP contribution < -0.4 is 11.1 Å². The van der Waals surface area contributed by atoms with Gasteiger partial charge in [-0.1, -0.05) is 0 Å². The van der Waals surface area contributed by atoms with Crippen molar-refractivity contribution in [1.82, 2.24) is 5.32 Å². The number of hydrogen-bond acceptors (Lipinski definition) is 4. The molecule has 13 heavy (non-hydrogen) atoms. The Bertz CT molecular complexity index is 332. The Morgan fingerprint density at radius 1 is 1.69 bits per heavy atom. The maximum atomic E-state index is 11.0. The summed E-state index contributed by atoms with van der Waals surface area (Å²) < 4.78 is 21.8. The summed E-state index contributed by atoms with van der Waals surface area (Å²) in [7, 11) is -3.10. The Labute approximate surface area is 76.9 Å². The van der Waals surface area contributed by atoms with Crippen molar-refractivity contribution in [2.45, 2.75) is 19.0 Å². The molecular weight excluding hydrogens is 192 g/mol. The predicted octanol–water partition coefficient (Wildman–Crippen LogP) is -1.24. The van der Waals surface area contributed by atoms with Crippen molar-refractivity contribution in [2.24, 2.45) is 5.73 Å². The fourth-order valence-electron chi connectivity index (χ4n) is 0.980. The smallest absolute Gasteiger partial charge is 0.237 e. The Morgan fingerprint density at radius 2 is 2.31 bits per heavy atom. The van der Waals surface area contributed by atoms with E-state index in [0.29, 0.717) is 0 Å². The molecule has 1 rings (SSSR count). The number of sulfone groups is 1. The second kappa shape index (κ2) is 3.47. The molecule has 0 spiro atoms. The van der Waals surface area contributed by atoms with Crippen molar-refractivity contribution in [3.05, 3.63) is 11.5 Å². The molecule has 74 valence electrons. The average molecular weight is 204 g/mol. The SMILES string of the molecule is CC(N)C(=O)NC1C=CS(=O)(=O)C1. The molecule has 1 heterocycles. The zero-order valence-corrected chi connectivity index (χ0v) is 8.04. The minimum Gasteiger partial charge on any atom is -0.347 e. The number of amides is 1. The summed E-state index contributed by atoms with van der Waals surface area (Å²) in [6.45, 7) is 1.54. The van der Waals surface area contributed by atoms with Crippen LogP contribution in [0.15, 0.2) is 11.5 Å². The third-order valence-electron chi connectivity index (χ3n) is 1.67. The van der Waals surface area contributed by atoms with Crippen LogP contribution >= 0.6 is 0 Å². The molecule has 0 aromatic rings. The minimum absolute atomic E-state index is 0.0640. The van der Waals surface area contributed by atoms with Gasteiger partial charge in [0.2, 0.25) is 5.91 Å². The highest BCUT2D eigenvalue weighted by Gasteiger charge is 2.23. The fourth-order valence-corrected chi connectivity index (χ4v) is 2.22. The van der Waals surface area contributed by atoms with Gasteiger partial charge in [0.05, 0.1) is 17.8 Å². The van der Waals surface area contributed by atoms with Crippen LogP contribution in [-0.4, -0.2) is 32.2 Å². The summed E-state index contributed by atoms with van der Waals surface area (Å²) >= 11 is 0. The van der Waals surface area contributed by atoms with E-state index in [0.717, 1.165) is 5.41 Å². The number of rotatable bonds is 2. The topological polar surface area (TPSA) is 89.3 Å². The Morgan fingerprint density at radius 3 is 2.69 bits per heavy atom. The van der Waals surface area contributed by atoms with Gasteiger partial charge in [-0.3, -0.25) is 4.79 Å². The molecule has 1 aliphatic rings. The lowest BCUT2D eigenvalue weighted by Gasteiger charge is -2.11. The number of nitrogens with one attached hydrogen (secondary N) is 1. The summed E-state index contributed by atoms with van der Waals surface area (Å²) in [4.78, 5) is 11.0. The molecule has 2 atom stereocenters. The van der Waals surface area contributed by atoms with Crippen LogP contribution in [0.4, 0.5) is 0 Å². The van der Waals surface area contributed by atoms with E-state index in [9.17, 15) is 13.2 Å². The third kappa shape index (κ3) is 2.82. The molecule has 0 aromatic carbocycles. The number of carbonyl (C=O) groups is 1. The molecule has 0 radical (unpaired) electrons. The van der Waals surface area contributed by atoms with E-state index in [1.54, 1.807) is 6.92 Å². The van der Waals surface area contributed by atoms with Gasteiger partial charge in [0.1, 0.15) is 0 Å². The van der Waals surface area contributed by atoms with Gasteiger partial charge in [-0.05, 0) is 13.0 Å². The maximum absolute atomic E-state index is 11.0. The van der Waals surface area contributed by atoms with Crippen molar-refractivity contribution >= 4 is 15.7 Å². The first-order valence-electron chi connectivity index (χ1n) is 3.87. The van der Waals surface area contributed by atoms with E-state index in [1.807, 2.05) is 0 Å². The lowest BCUT2D eigenvalue weighted by atomic mass is 10.3. The first kappa shape index (κ1) is 10.2. The van der Waals surface area contributed by atoms with E-state index < -0.39 is 21.9 Å². The van der Waals surface area contributed by atoms with Crippen molar-refractivity contribution in [1.29, 1.82) is 0 Å². The van der Waals surface area contributed by atoms with Crippen LogP contribution in [0.1, 0.15) is 6.92 Å². The van der Waals surface area contributed by atoms with Crippen molar-refractivity contribution in [3.8, 4) is 0 Å². The predicted molar refractivity (Wildman–Crippen MR) is 48.5 cm³/mol. The zero-order chi connectivity index (χ0) is 10.1.